The van der Waals surface area contributed by atoms with E-state index >= 15 is 0 Å². The van der Waals surface area contributed by atoms with E-state index in [0.29, 0.717) is 59.3 Å². The van der Waals surface area contributed by atoms with Gasteiger partial charge in [0, 0.05) is 22.1 Å². The molecule has 1 aromatic heterocycles. The first-order valence-corrected chi connectivity index (χ1v) is 14.1. The fourth-order valence-electron chi connectivity index (χ4n) is 4.22. The van der Waals surface area contributed by atoms with Crippen molar-refractivity contribution in [1.82, 2.24) is 0 Å². The lowest BCUT2D eigenvalue weighted by Gasteiger charge is -2.16. The molecule has 3 rings (SSSR count). The van der Waals surface area contributed by atoms with E-state index in [1.807, 2.05) is 26.0 Å². The molecule has 0 fully saturated rings. The highest BCUT2D eigenvalue weighted by molar-refractivity contribution is 5.89. The van der Waals surface area contributed by atoms with Crippen molar-refractivity contribution < 1.29 is 33.0 Å². The van der Waals surface area contributed by atoms with Crippen LogP contribution in [0.3, 0.4) is 0 Å². The van der Waals surface area contributed by atoms with E-state index in [9.17, 15) is 19.2 Å². The first-order chi connectivity index (χ1) is 20.2. The highest BCUT2D eigenvalue weighted by Gasteiger charge is 2.17. The second kappa shape index (κ2) is 14.4. The molecule has 8 nitrogen and oxygen atoms in total. The van der Waals surface area contributed by atoms with Crippen molar-refractivity contribution in [2.24, 2.45) is 0 Å². The summed E-state index contributed by atoms with van der Waals surface area (Å²) >= 11 is 0. The Hall–Kier alpha value is -4.72. The summed E-state index contributed by atoms with van der Waals surface area (Å²) in [5.74, 6) is -1.10. The maximum atomic E-state index is 13.1. The van der Waals surface area contributed by atoms with Crippen molar-refractivity contribution in [3.63, 3.8) is 0 Å². The summed E-state index contributed by atoms with van der Waals surface area (Å²) in [6, 6.07) is 12.2. The van der Waals surface area contributed by atoms with E-state index in [-0.39, 0.29) is 17.8 Å². The van der Waals surface area contributed by atoms with Crippen LogP contribution < -0.4 is 10.4 Å². The zero-order chi connectivity index (χ0) is 31.8. The molecule has 226 valence electrons. The van der Waals surface area contributed by atoms with Crippen molar-refractivity contribution in [2.45, 2.75) is 72.5 Å². The Morgan fingerprint density at radius 2 is 1.30 bits per heavy atom. The van der Waals surface area contributed by atoms with E-state index in [4.69, 9.17) is 18.6 Å². The Morgan fingerprint density at radius 3 is 1.84 bits per heavy atom. The molecule has 43 heavy (non-hydrogen) atoms. The van der Waals surface area contributed by atoms with E-state index in [2.05, 4.69) is 19.7 Å². The number of hydrogen-bond acceptors (Lipinski definition) is 8. The first-order valence-electron chi connectivity index (χ1n) is 14.1. The highest BCUT2D eigenvalue weighted by atomic mass is 16.5. The summed E-state index contributed by atoms with van der Waals surface area (Å²) in [5.41, 5.74) is 3.60. The van der Waals surface area contributed by atoms with Gasteiger partial charge in [0.05, 0.1) is 17.8 Å². The molecule has 2 atom stereocenters. The zero-order valence-corrected chi connectivity index (χ0v) is 25.4. The largest absolute Gasteiger partial charge is 0.459 e. The Bertz CT molecular complexity index is 1620. The third kappa shape index (κ3) is 9.13. The number of fused-ring (bicyclic) bond motifs is 1. The maximum Gasteiger partial charge on any atom is 0.344 e. The van der Waals surface area contributed by atoms with Crippen LogP contribution in [0.5, 0.6) is 5.75 Å². The molecule has 2 aromatic carbocycles. The number of ether oxygens (including phenoxy) is 3. The van der Waals surface area contributed by atoms with Crippen LogP contribution in [0.1, 0.15) is 58.6 Å². The zero-order valence-electron chi connectivity index (χ0n) is 25.4. The normalized spacial score (nSPS) is 12.2. The smallest absolute Gasteiger partial charge is 0.344 e. The summed E-state index contributed by atoms with van der Waals surface area (Å²) in [4.78, 5) is 48.9. The molecular formula is C35H38O8. The third-order valence-corrected chi connectivity index (χ3v) is 6.70. The van der Waals surface area contributed by atoms with Crippen molar-refractivity contribution in [1.29, 1.82) is 0 Å². The van der Waals surface area contributed by atoms with Gasteiger partial charge in [-0.15, -0.1) is 0 Å². The van der Waals surface area contributed by atoms with E-state index < -0.39 is 23.5 Å². The number of hydrogen-bond donors (Lipinski definition) is 0. The van der Waals surface area contributed by atoms with Crippen molar-refractivity contribution in [3.05, 3.63) is 100 Å². The van der Waals surface area contributed by atoms with Crippen LogP contribution in [0.15, 0.2) is 88.1 Å². The predicted octanol–water partition coefficient (Wildman–Crippen LogP) is 6.82. The summed E-state index contributed by atoms with van der Waals surface area (Å²) in [6.07, 6.45) is 1.50. The number of rotatable bonds is 13. The lowest BCUT2D eigenvalue weighted by atomic mass is 9.95. The molecule has 0 saturated heterocycles. The van der Waals surface area contributed by atoms with Crippen LogP contribution in [0.4, 0.5) is 0 Å². The Balaban J connectivity index is 1.95. The van der Waals surface area contributed by atoms with Crippen LogP contribution in [0.25, 0.3) is 22.1 Å². The highest BCUT2D eigenvalue weighted by Crippen LogP contribution is 2.29. The van der Waals surface area contributed by atoms with Gasteiger partial charge in [-0.2, -0.15) is 0 Å². The monoisotopic (exact) mass is 586 g/mol. The van der Waals surface area contributed by atoms with Gasteiger partial charge in [-0.25, -0.2) is 19.2 Å². The van der Waals surface area contributed by atoms with Gasteiger partial charge in [0.1, 0.15) is 11.3 Å². The van der Waals surface area contributed by atoms with Crippen LogP contribution in [-0.4, -0.2) is 30.1 Å². The Labute approximate surface area is 251 Å². The molecule has 0 aliphatic heterocycles. The van der Waals surface area contributed by atoms with E-state index in [1.54, 1.807) is 51.1 Å². The quantitative estimate of drug-likeness (QED) is 0.0929. The van der Waals surface area contributed by atoms with Crippen molar-refractivity contribution in [3.8, 4) is 16.9 Å². The standard InChI is InChI=1S/C35H38O8/c1-20(2)32(36)40-23(7)9-11-25-17-27(12-10-24(8)41-33(37)21(3)4)29-19-30(35(39)43-31(29)18-25)26-13-15-28(16-14-26)42-34(38)22(5)6/h13-19,23-24H,1,3,5,9-12H2,2,4,6-8H3. The fourth-order valence-corrected chi connectivity index (χ4v) is 4.22. The third-order valence-electron chi connectivity index (χ3n) is 6.70. The van der Waals surface area contributed by atoms with Gasteiger partial charge in [0.15, 0.2) is 0 Å². The van der Waals surface area contributed by atoms with Crippen LogP contribution >= 0.6 is 0 Å². The molecule has 0 bridgehead atoms. The molecule has 0 spiro atoms. The van der Waals surface area contributed by atoms with Gasteiger partial charge in [0.25, 0.3) is 0 Å². The predicted molar refractivity (Wildman–Crippen MR) is 166 cm³/mol. The van der Waals surface area contributed by atoms with Gasteiger partial charge < -0.3 is 18.6 Å². The molecule has 0 saturated carbocycles. The summed E-state index contributed by atoms with van der Waals surface area (Å²) in [5, 5.41) is 0.747. The lowest BCUT2D eigenvalue weighted by Crippen LogP contribution is -2.16. The molecule has 2 unspecified atom stereocenters. The molecule has 0 aliphatic rings. The molecule has 0 N–H and O–H groups in total. The van der Waals surface area contributed by atoms with Gasteiger partial charge in [-0.3, -0.25) is 0 Å². The minimum Gasteiger partial charge on any atom is -0.459 e. The Morgan fingerprint density at radius 1 is 0.767 bits per heavy atom. The molecule has 0 amide bonds. The minimum atomic E-state index is -0.537. The van der Waals surface area contributed by atoms with Gasteiger partial charge in [-0.05, 0) is 101 Å². The van der Waals surface area contributed by atoms with Crippen LogP contribution in [-0.2, 0) is 36.7 Å². The van der Waals surface area contributed by atoms with Crippen molar-refractivity contribution >= 4 is 28.9 Å². The average Bonchev–Trinajstić information content (AvgIpc) is 2.94. The number of esters is 3. The molecule has 0 radical (unpaired) electrons. The SMILES string of the molecule is C=C(C)C(=O)Oc1ccc(-c2cc3c(CCC(C)OC(=O)C(=C)C)cc(CCC(C)OC(=O)C(=C)C)cc3oc2=O)cc1. The maximum absolute atomic E-state index is 13.1. The van der Waals surface area contributed by atoms with E-state index in [1.165, 1.54) is 0 Å². The molecule has 0 aliphatic carbocycles. The Kier molecular flexibility index (Phi) is 11.0. The molecule has 3 aromatic rings. The molecular weight excluding hydrogens is 548 g/mol. The van der Waals surface area contributed by atoms with Crippen LogP contribution in [0, 0.1) is 0 Å². The number of carbonyl (C=O) groups is 3. The second-order valence-electron chi connectivity index (χ2n) is 10.9. The fraction of sp³-hybridized carbons (Fsp3) is 0.314. The van der Waals surface area contributed by atoms with Crippen LogP contribution in [0.2, 0.25) is 0 Å². The second-order valence-corrected chi connectivity index (χ2v) is 10.9. The average molecular weight is 587 g/mol. The van der Waals surface area contributed by atoms with Gasteiger partial charge in [-0.1, -0.05) is 37.9 Å². The summed E-state index contributed by atoms with van der Waals surface area (Å²) in [7, 11) is 0. The van der Waals surface area contributed by atoms with Gasteiger partial charge in [0.2, 0.25) is 0 Å². The molecule has 8 heteroatoms. The summed E-state index contributed by atoms with van der Waals surface area (Å²) < 4.78 is 21.9. The van der Waals surface area contributed by atoms with Gasteiger partial charge >= 0.3 is 23.5 Å². The van der Waals surface area contributed by atoms with E-state index in [0.717, 1.165) is 16.5 Å². The number of benzene rings is 2. The number of aryl methyl sites for hydroxylation is 2. The summed E-state index contributed by atoms with van der Waals surface area (Å²) in [6.45, 7) is 19.2. The minimum absolute atomic E-state index is 0.275. The molecule has 1 heterocycles. The topological polar surface area (TPSA) is 109 Å². The lowest BCUT2D eigenvalue weighted by molar-refractivity contribution is -0.144. The van der Waals surface area contributed by atoms with Crippen molar-refractivity contribution in [2.75, 3.05) is 0 Å². The first kappa shape index (κ1) is 32.8. The number of carbonyl (C=O) groups excluding carboxylic acids is 3.